The molecule has 32 heavy (non-hydrogen) atoms. The Kier molecular flexibility index (Phi) is 7.97. The standard InChI is InChI=1S/C20H24F3N3O5S/c1-4-30-16-11-13(25-19(27)18(24)12(2)3)8-9-17(16)32(28,29)26-14-6-5-7-15(10-14)31-20(21,22)23/h5-12,18,26H,4,24H2,1-3H3,(H,25,27)/t18-/m1/s1. The molecule has 2 rings (SSSR count). The lowest BCUT2D eigenvalue weighted by Gasteiger charge is -2.17. The summed E-state index contributed by atoms with van der Waals surface area (Å²) >= 11 is 0. The molecule has 4 N–H and O–H groups in total. The highest BCUT2D eigenvalue weighted by atomic mass is 32.2. The maximum absolute atomic E-state index is 12.9. The molecule has 0 unspecified atom stereocenters. The molecule has 8 nitrogen and oxygen atoms in total. The van der Waals surface area contributed by atoms with Gasteiger partial charge in [-0.2, -0.15) is 0 Å². The fourth-order valence-electron chi connectivity index (χ4n) is 2.57. The number of anilines is 2. The van der Waals surface area contributed by atoms with Crippen LogP contribution in [0.1, 0.15) is 20.8 Å². The van der Waals surface area contributed by atoms with Crippen molar-refractivity contribution in [2.45, 2.75) is 38.1 Å². The Bertz CT molecular complexity index is 1060. The SMILES string of the molecule is CCOc1cc(NC(=O)[C@H](N)C(C)C)ccc1S(=O)(=O)Nc1cccc(OC(F)(F)F)c1. The van der Waals surface area contributed by atoms with E-state index >= 15 is 0 Å². The van der Waals surface area contributed by atoms with Crippen LogP contribution in [-0.2, 0) is 14.8 Å². The Morgan fingerprint density at radius 3 is 2.41 bits per heavy atom. The fraction of sp³-hybridized carbons (Fsp3) is 0.350. The van der Waals surface area contributed by atoms with Gasteiger partial charge in [0.1, 0.15) is 16.4 Å². The van der Waals surface area contributed by atoms with E-state index in [0.717, 1.165) is 12.1 Å². The van der Waals surface area contributed by atoms with E-state index in [-0.39, 0.29) is 34.5 Å². The van der Waals surface area contributed by atoms with Crippen LogP contribution in [0.5, 0.6) is 11.5 Å². The number of carbonyl (C=O) groups excluding carboxylic acids is 1. The number of hydrogen-bond donors (Lipinski definition) is 3. The minimum Gasteiger partial charge on any atom is -0.492 e. The topological polar surface area (TPSA) is 120 Å². The first-order chi connectivity index (χ1) is 14.8. The molecule has 0 fully saturated rings. The quantitative estimate of drug-likeness (QED) is 0.509. The average molecular weight is 475 g/mol. The van der Waals surface area contributed by atoms with Crippen LogP contribution in [0.25, 0.3) is 0 Å². The maximum Gasteiger partial charge on any atom is 0.573 e. The maximum atomic E-state index is 12.9. The van der Waals surface area contributed by atoms with Crippen LogP contribution >= 0.6 is 0 Å². The number of halogens is 3. The zero-order valence-corrected chi connectivity index (χ0v) is 18.4. The van der Waals surface area contributed by atoms with Crippen molar-refractivity contribution in [3.8, 4) is 11.5 Å². The monoisotopic (exact) mass is 475 g/mol. The number of sulfonamides is 1. The number of amides is 1. The Morgan fingerprint density at radius 1 is 1.12 bits per heavy atom. The molecular weight excluding hydrogens is 451 g/mol. The van der Waals surface area contributed by atoms with Gasteiger partial charge in [-0.25, -0.2) is 8.42 Å². The Labute approximate surface area is 183 Å². The number of nitrogens with one attached hydrogen (secondary N) is 2. The molecule has 2 aromatic carbocycles. The molecule has 0 bridgehead atoms. The van der Waals surface area contributed by atoms with Crippen molar-refractivity contribution in [3.63, 3.8) is 0 Å². The molecule has 0 aliphatic carbocycles. The van der Waals surface area contributed by atoms with E-state index in [1.54, 1.807) is 20.8 Å². The van der Waals surface area contributed by atoms with Crippen LogP contribution in [0.15, 0.2) is 47.4 Å². The minimum absolute atomic E-state index is 0.0568. The summed E-state index contributed by atoms with van der Waals surface area (Å²) < 4.78 is 74.4. The van der Waals surface area contributed by atoms with Crippen LogP contribution in [0.4, 0.5) is 24.5 Å². The van der Waals surface area contributed by atoms with Gasteiger partial charge in [-0.05, 0) is 37.1 Å². The highest BCUT2D eigenvalue weighted by Gasteiger charge is 2.31. The molecule has 2 aromatic rings. The van der Waals surface area contributed by atoms with E-state index in [1.165, 1.54) is 30.3 Å². The number of nitrogens with two attached hydrogens (primary N) is 1. The van der Waals surface area contributed by atoms with E-state index in [4.69, 9.17) is 10.5 Å². The van der Waals surface area contributed by atoms with Gasteiger partial charge in [0.15, 0.2) is 0 Å². The number of rotatable bonds is 9. The van der Waals surface area contributed by atoms with Crippen molar-refractivity contribution < 1.29 is 35.9 Å². The Hall–Kier alpha value is -2.99. The zero-order valence-electron chi connectivity index (χ0n) is 17.6. The third kappa shape index (κ3) is 7.02. The number of ether oxygens (including phenoxy) is 2. The fourth-order valence-corrected chi connectivity index (χ4v) is 3.75. The summed E-state index contributed by atoms with van der Waals surface area (Å²) in [7, 11) is -4.25. The highest BCUT2D eigenvalue weighted by molar-refractivity contribution is 7.92. The second kappa shape index (κ2) is 10.1. The lowest BCUT2D eigenvalue weighted by atomic mass is 10.0. The van der Waals surface area contributed by atoms with E-state index in [1.807, 2.05) is 0 Å². The van der Waals surface area contributed by atoms with Gasteiger partial charge in [-0.15, -0.1) is 13.2 Å². The van der Waals surface area contributed by atoms with Gasteiger partial charge in [-0.1, -0.05) is 19.9 Å². The summed E-state index contributed by atoms with van der Waals surface area (Å²) in [5.41, 5.74) is 5.94. The number of carbonyl (C=O) groups is 1. The van der Waals surface area contributed by atoms with E-state index < -0.39 is 34.1 Å². The summed E-state index contributed by atoms with van der Waals surface area (Å²) in [6.07, 6.45) is -4.92. The van der Waals surface area contributed by atoms with Crippen molar-refractivity contribution in [1.82, 2.24) is 0 Å². The van der Waals surface area contributed by atoms with Crippen molar-refractivity contribution >= 4 is 27.3 Å². The first kappa shape index (κ1) is 25.3. The number of alkyl halides is 3. The smallest absolute Gasteiger partial charge is 0.492 e. The predicted octanol–water partition coefficient (Wildman–Crippen LogP) is 3.71. The number of hydrogen-bond acceptors (Lipinski definition) is 6. The van der Waals surface area contributed by atoms with E-state index in [0.29, 0.717) is 0 Å². The first-order valence-corrected chi connectivity index (χ1v) is 11.0. The molecule has 176 valence electrons. The van der Waals surface area contributed by atoms with Crippen LogP contribution in [-0.4, -0.2) is 33.3 Å². The molecule has 12 heteroatoms. The predicted molar refractivity (Wildman–Crippen MR) is 113 cm³/mol. The van der Waals surface area contributed by atoms with Crippen molar-refractivity contribution in [2.75, 3.05) is 16.6 Å². The second-order valence-electron chi connectivity index (χ2n) is 7.03. The van der Waals surface area contributed by atoms with Crippen LogP contribution in [0.2, 0.25) is 0 Å². The molecule has 0 spiro atoms. The van der Waals surface area contributed by atoms with Crippen LogP contribution < -0.4 is 25.2 Å². The molecule has 0 radical (unpaired) electrons. The van der Waals surface area contributed by atoms with Gasteiger partial charge >= 0.3 is 6.36 Å². The summed E-state index contributed by atoms with van der Waals surface area (Å²) in [5, 5.41) is 2.60. The second-order valence-corrected chi connectivity index (χ2v) is 8.69. The minimum atomic E-state index is -4.92. The van der Waals surface area contributed by atoms with E-state index in [2.05, 4.69) is 14.8 Å². The Balaban J connectivity index is 2.31. The lowest BCUT2D eigenvalue weighted by Crippen LogP contribution is -2.39. The number of benzene rings is 2. The summed E-state index contributed by atoms with van der Waals surface area (Å²) in [4.78, 5) is 11.9. The molecular formula is C20H24F3N3O5S. The van der Waals surface area contributed by atoms with Gasteiger partial charge in [0.25, 0.3) is 10.0 Å². The molecule has 0 aromatic heterocycles. The van der Waals surface area contributed by atoms with Crippen molar-refractivity contribution in [1.29, 1.82) is 0 Å². The molecule has 1 atom stereocenters. The molecule has 0 saturated heterocycles. The molecule has 0 aliphatic rings. The summed E-state index contributed by atoms with van der Waals surface area (Å²) in [6, 6.07) is 7.53. The summed E-state index contributed by atoms with van der Waals surface area (Å²) in [5.74, 6) is -1.19. The Morgan fingerprint density at radius 2 is 1.81 bits per heavy atom. The van der Waals surface area contributed by atoms with Crippen LogP contribution in [0.3, 0.4) is 0 Å². The largest absolute Gasteiger partial charge is 0.573 e. The van der Waals surface area contributed by atoms with Gasteiger partial charge in [0, 0.05) is 17.8 Å². The van der Waals surface area contributed by atoms with Crippen LogP contribution in [0, 0.1) is 5.92 Å². The molecule has 0 aliphatic heterocycles. The zero-order chi connectivity index (χ0) is 24.1. The lowest BCUT2D eigenvalue weighted by molar-refractivity contribution is -0.274. The third-order valence-corrected chi connectivity index (χ3v) is 5.56. The molecule has 0 saturated carbocycles. The van der Waals surface area contributed by atoms with Gasteiger partial charge in [-0.3, -0.25) is 9.52 Å². The summed E-state index contributed by atoms with van der Waals surface area (Å²) in [6.45, 7) is 5.33. The average Bonchev–Trinajstić information content (AvgIpc) is 2.66. The van der Waals surface area contributed by atoms with Gasteiger partial charge in [0.05, 0.1) is 18.3 Å². The van der Waals surface area contributed by atoms with Crippen molar-refractivity contribution in [2.24, 2.45) is 11.7 Å². The molecule has 1 amide bonds. The van der Waals surface area contributed by atoms with E-state index in [9.17, 15) is 26.4 Å². The van der Waals surface area contributed by atoms with Gasteiger partial charge < -0.3 is 20.5 Å². The third-order valence-electron chi connectivity index (χ3n) is 4.14. The first-order valence-electron chi connectivity index (χ1n) is 9.54. The normalized spacial score (nSPS) is 12.9. The van der Waals surface area contributed by atoms with Crippen molar-refractivity contribution in [3.05, 3.63) is 42.5 Å². The molecule has 0 heterocycles. The highest BCUT2D eigenvalue weighted by Crippen LogP contribution is 2.31. The van der Waals surface area contributed by atoms with Gasteiger partial charge in [0.2, 0.25) is 5.91 Å².